The van der Waals surface area contributed by atoms with Gasteiger partial charge in [0.15, 0.2) is 5.13 Å². The van der Waals surface area contributed by atoms with Gasteiger partial charge in [0.2, 0.25) is 0 Å². The Balaban J connectivity index is 1.64. The Morgan fingerprint density at radius 3 is 2.65 bits per heavy atom. The fourth-order valence-electron chi connectivity index (χ4n) is 2.02. The van der Waals surface area contributed by atoms with E-state index < -0.39 is 5.97 Å². The fourth-order valence-corrected chi connectivity index (χ4v) is 3.61. The van der Waals surface area contributed by atoms with Gasteiger partial charge in [-0.2, -0.15) is 0 Å². The molecule has 0 radical (unpaired) electrons. The van der Waals surface area contributed by atoms with E-state index in [1.807, 2.05) is 18.3 Å². The lowest BCUT2D eigenvalue weighted by Gasteiger charge is -2.25. The molecule has 1 aliphatic rings. The van der Waals surface area contributed by atoms with Gasteiger partial charge in [-0.1, -0.05) is 11.3 Å². The van der Waals surface area contributed by atoms with Crippen molar-refractivity contribution in [3.8, 4) is 0 Å². The third-order valence-corrected chi connectivity index (χ3v) is 5.07. The van der Waals surface area contributed by atoms with E-state index >= 15 is 0 Å². The molecule has 6 nitrogen and oxygen atoms in total. The lowest BCUT2D eigenvalue weighted by molar-refractivity contribution is -0.131. The normalized spacial score (nSPS) is 15.7. The Morgan fingerprint density at radius 1 is 1.13 bits per heavy atom. The van der Waals surface area contributed by atoms with Crippen LogP contribution in [0.5, 0.6) is 0 Å². The monoisotopic (exact) mass is 349 g/mol. The predicted molar refractivity (Wildman–Crippen MR) is 92.9 cm³/mol. The molecular formula is C15H15N3O3S2. The van der Waals surface area contributed by atoms with Crippen LogP contribution < -0.4 is 4.90 Å². The predicted octanol–water partition coefficient (Wildman–Crippen LogP) is 2.70. The zero-order valence-electron chi connectivity index (χ0n) is 12.2. The highest BCUT2D eigenvalue weighted by molar-refractivity contribution is 7.16. The molecular weight excluding hydrogens is 334 g/mol. The van der Waals surface area contributed by atoms with Crippen LogP contribution in [0.1, 0.15) is 14.8 Å². The summed E-state index contributed by atoms with van der Waals surface area (Å²) < 4.78 is 5.34. The van der Waals surface area contributed by atoms with Crippen molar-refractivity contribution in [1.29, 1.82) is 0 Å². The molecule has 1 saturated heterocycles. The van der Waals surface area contributed by atoms with Gasteiger partial charge in [-0.25, -0.2) is 14.8 Å². The van der Waals surface area contributed by atoms with Crippen molar-refractivity contribution in [3.05, 3.63) is 33.2 Å². The first-order valence-corrected chi connectivity index (χ1v) is 8.67. The molecule has 0 atom stereocenters. The third-order valence-electron chi connectivity index (χ3n) is 3.11. The van der Waals surface area contributed by atoms with Gasteiger partial charge in [0.05, 0.1) is 13.2 Å². The fraction of sp³-hybridized carbons (Fsp3) is 0.267. The number of ether oxygens (including phenoxy) is 1. The Kier molecular flexibility index (Phi) is 5.16. The van der Waals surface area contributed by atoms with Gasteiger partial charge in [-0.15, -0.1) is 11.3 Å². The summed E-state index contributed by atoms with van der Waals surface area (Å²) in [6.45, 7) is 3.25. The van der Waals surface area contributed by atoms with E-state index in [0.717, 1.165) is 52.3 Å². The Morgan fingerprint density at radius 2 is 1.87 bits per heavy atom. The number of carboxylic acids is 1. The summed E-state index contributed by atoms with van der Waals surface area (Å²) in [6, 6.07) is 0. The van der Waals surface area contributed by atoms with E-state index in [-0.39, 0.29) is 0 Å². The zero-order chi connectivity index (χ0) is 16.1. The molecule has 1 aliphatic heterocycles. The van der Waals surface area contributed by atoms with E-state index in [2.05, 4.69) is 14.9 Å². The van der Waals surface area contributed by atoms with Crippen LogP contribution in [0.25, 0.3) is 18.2 Å². The topological polar surface area (TPSA) is 75.5 Å². The number of carbonyl (C=O) groups is 1. The van der Waals surface area contributed by atoms with Crippen LogP contribution in [-0.4, -0.2) is 47.3 Å². The van der Waals surface area contributed by atoms with Gasteiger partial charge in [0.1, 0.15) is 5.01 Å². The van der Waals surface area contributed by atoms with E-state index in [1.54, 1.807) is 23.6 Å². The lowest BCUT2D eigenvalue weighted by atomic mass is 10.4. The number of nitrogens with zero attached hydrogens (tertiary/aromatic N) is 3. The minimum Gasteiger partial charge on any atom is -0.478 e. The van der Waals surface area contributed by atoms with Gasteiger partial charge >= 0.3 is 5.97 Å². The molecule has 0 aliphatic carbocycles. The van der Waals surface area contributed by atoms with Crippen LogP contribution in [0.3, 0.4) is 0 Å². The summed E-state index contributed by atoms with van der Waals surface area (Å²) >= 11 is 3.08. The number of hydrogen-bond donors (Lipinski definition) is 1. The van der Waals surface area contributed by atoms with Gasteiger partial charge in [0, 0.05) is 41.3 Å². The van der Waals surface area contributed by atoms with E-state index in [1.165, 1.54) is 11.3 Å². The number of morpholine rings is 1. The van der Waals surface area contributed by atoms with Crippen LogP contribution in [-0.2, 0) is 9.53 Å². The molecule has 1 N–H and O–H groups in total. The number of hydrogen-bond acceptors (Lipinski definition) is 7. The zero-order valence-corrected chi connectivity index (χ0v) is 13.8. The first-order chi connectivity index (χ1) is 11.2. The Bertz CT molecular complexity index is 730. The van der Waals surface area contributed by atoms with Gasteiger partial charge < -0.3 is 14.7 Å². The number of thiazole rings is 2. The molecule has 2 aromatic heterocycles. The van der Waals surface area contributed by atoms with E-state index in [9.17, 15) is 4.79 Å². The summed E-state index contributed by atoms with van der Waals surface area (Å²) in [6.07, 6.45) is 10.1. The highest BCUT2D eigenvalue weighted by Crippen LogP contribution is 2.25. The third kappa shape index (κ3) is 4.47. The molecule has 0 aromatic carbocycles. The molecule has 0 bridgehead atoms. The SMILES string of the molecule is O=C(O)/C=C/c1cnc(/C=C/c2cnc(N3CCOCC3)s2)s1. The van der Waals surface area contributed by atoms with Crippen LogP contribution in [0.4, 0.5) is 5.13 Å². The maximum Gasteiger partial charge on any atom is 0.328 e. The van der Waals surface area contributed by atoms with Crippen LogP contribution in [0, 0.1) is 0 Å². The van der Waals surface area contributed by atoms with E-state index in [0.29, 0.717) is 0 Å². The maximum absolute atomic E-state index is 10.5. The van der Waals surface area contributed by atoms with Crippen molar-refractivity contribution in [2.45, 2.75) is 0 Å². The molecule has 23 heavy (non-hydrogen) atoms. The first kappa shape index (κ1) is 15.9. The van der Waals surface area contributed by atoms with Crippen LogP contribution >= 0.6 is 22.7 Å². The molecule has 0 saturated carbocycles. The number of anilines is 1. The van der Waals surface area contributed by atoms with Crippen LogP contribution in [0.2, 0.25) is 0 Å². The maximum atomic E-state index is 10.5. The molecule has 0 unspecified atom stereocenters. The van der Waals surface area contributed by atoms with Crippen molar-refractivity contribution in [3.63, 3.8) is 0 Å². The largest absolute Gasteiger partial charge is 0.478 e. The minimum atomic E-state index is -0.962. The second kappa shape index (κ2) is 7.49. The smallest absolute Gasteiger partial charge is 0.328 e. The molecule has 2 aromatic rings. The molecule has 8 heteroatoms. The molecule has 0 spiro atoms. The van der Waals surface area contributed by atoms with Crippen molar-refractivity contribution < 1.29 is 14.6 Å². The number of rotatable bonds is 5. The molecule has 0 amide bonds. The summed E-state index contributed by atoms with van der Waals surface area (Å²) in [4.78, 5) is 23.3. The second-order valence-electron chi connectivity index (χ2n) is 4.75. The summed E-state index contributed by atoms with van der Waals surface area (Å²) in [5.74, 6) is -0.962. The van der Waals surface area contributed by atoms with Crippen molar-refractivity contribution in [2.24, 2.45) is 0 Å². The first-order valence-electron chi connectivity index (χ1n) is 7.04. The summed E-state index contributed by atoms with van der Waals surface area (Å²) in [5.41, 5.74) is 0. The Hall–Kier alpha value is -2.03. The van der Waals surface area contributed by atoms with Gasteiger partial charge in [0.25, 0.3) is 0 Å². The van der Waals surface area contributed by atoms with Crippen molar-refractivity contribution in [2.75, 3.05) is 31.2 Å². The average molecular weight is 349 g/mol. The van der Waals surface area contributed by atoms with Crippen LogP contribution in [0.15, 0.2) is 18.5 Å². The van der Waals surface area contributed by atoms with Gasteiger partial charge in [-0.3, -0.25) is 0 Å². The molecule has 1 fully saturated rings. The van der Waals surface area contributed by atoms with Crippen molar-refractivity contribution >= 4 is 52.0 Å². The quantitative estimate of drug-likeness (QED) is 0.837. The molecule has 3 rings (SSSR count). The van der Waals surface area contributed by atoms with Crippen molar-refractivity contribution in [1.82, 2.24) is 9.97 Å². The second-order valence-corrected chi connectivity index (χ2v) is 6.88. The number of aromatic nitrogens is 2. The number of carboxylic acid groups (broad SMARTS) is 1. The standard InChI is InChI=1S/C15H15N3O3S2/c19-14(20)4-2-11-9-16-13(22-11)3-1-12-10-17-15(23-12)18-5-7-21-8-6-18/h1-4,9-10H,5-8H2,(H,19,20)/b3-1+,4-2+. The Labute approximate surface area is 141 Å². The summed E-state index contributed by atoms with van der Waals surface area (Å²) in [7, 11) is 0. The molecule has 3 heterocycles. The minimum absolute atomic E-state index is 0.747. The highest BCUT2D eigenvalue weighted by Gasteiger charge is 2.13. The van der Waals surface area contributed by atoms with E-state index in [4.69, 9.17) is 9.84 Å². The molecule has 120 valence electrons. The number of aliphatic carboxylic acids is 1. The average Bonchev–Trinajstić information content (AvgIpc) is 3.21. The summed E-state index contributed by atoms with van der Waals surface area (Å²) in [5, 5.41) is 10.5. The highest BCUT2D eigenvalue weighted by atomic mass is 32.1. The lowest BCUT2D eigenvalue weighted by Crippen LogP contribution is -2.36. The van der Waals surface area contributed by atoms with Gasteiger partial charge in [-0.05, 0) is 18.2 Å².